The molecule has 5 heteroatoms. The summed E-state index contributed by atoms with van der Waals surface area (Å²) < 4.78 is 0.987. The summed E-state index contributed by atoms with van der Waals surface area (Å²) >= 11 is 8.25. The molecule has 0 unspecified atom stereocenters. The first kappa shape index (κ1) is 15.2. The van der Waals surface area contributed by atoms with Gasteiger partial charge in [0, 0.05) is 11.9 Å². The van der Waals surface area contributed by atoms with Crippen LogP contribution in [-0.2, 0) is 0 Å². The van der Waals surface area contributed by atoms with Gasteiger partial charge in [-0.15, -0.1) is 11.3 Å². The Kier molecular flexibility index (Phi) is 6.17. The highest BCUT2D eigenvalue weighted by Crippen LogP contribution is 2.24. The molecule has 1 amide bonds. The van der Waals surface area contributed by atoms with Gasteiger partial charge in [-0.3, -0.25) is 4.79 Å². The Morgan fingerprint density at radius 1 is 1.47 bits per heavy atom. The van der Waals surface area contributed by atoms with Crippen molar-refractivity contribution in [3.8, 4) is 0 Å². The molecule has 1 heterocycles. The number of amides is 1. The number of halogens is 2. The van der Waals surface area contributed by atoms with Crippen molar-refractivity contribution in [3.05, 3.63) is 20.8 Å². The maximum absolute atomic E-state index is 11.8. The van der Waals surface area contributed by atoms with Crippen LogP contribution in [0.4, 0.5) is 0 Å². The summed E-state index contributed by atoms with van der Waals surface area (Å²) in [5, 5.41) is 4.01. The molecule has 2 nitrogen and oxygen atoms in total. The number of nitrogens with one attached hydrogen (secondary N) is 1. The molecule has 0 radical (unpaired) electrons. The average molecular weight is 383 g/mol. The Labute approximate surface area is 123 Å². The summed E-state index contributed by atoms with van der Waals surface area (Å²) in [6.07, 6.45) is 2.24. The van der Waals surface area contributed by atoms with Gasteiger partial charge in [-0.05, 0) is 46.3 Å². The van der Waals surface area contributed by atoms with E-state index in [0.29, 0.717) is 6.54 Å². The van der Waals surface area contributed by atoms with Gasteiger partial charge < -0.3 is 5.32 Å². The van der Waals surface area contributed by atoms with E-state index in [1.54, 1.807) is 0 Å². The molecule has 0 aliphatic heterocycles. The monoisotopic (exact) mass is 381 g/mol. The zero-order valence-electron chi connectivity index (χ0n) is 10.1. The van der Waals surface area contributed by atoms with E-state index in [9.17, 15) is 4.79 Å². The largest absolute Gasteiger partial charge is 0.351 e. The second-order valence-electron chi connectivity index (χ2n) is 4.74. The highest BCUT2D eigenvalue weighted by Gasteiger charge is 2.19. The van der Waals surface area contributed by atoms with E-state index in [1.807, 2.05) is 12.1 Å². The number of hydrogen-bond donors (Lipinski definition) is 1. The summed E-state index contributed by atoms with van der Waals surface area (Å²) in [5.41, 5.74) is 0.151. The summed E-state index contributed by atoms with van der Waals surface area (Å²) in [4.78, 5) is 12.6. The zero-order chi connectivity index (χ0) is 12.9. The van der Waals surface area contributed by atoms with E-state index in [4.69, 9.17) is 0 Å². The fourth-order valence-electron chi connectivity index (χ4n) is 1.48. The van der Waals surface area contributed by atoms with Crippen LogP contribution in [0.2, 0.25) is 0 Å². The van der Waals surface area contributed by atoms with Crippen molar-refractivity contribution < 1.29 is 4.79 Å². The number of carbonyl (C=O) groups excluding carboxylic acids is 1. The van der Waals surface area contributed by atoms with Crippen molar-refractivity contribution in [1.29, 1.82) is 0 Å². The van der Waals surface area contributed by atoms with E-state index in [0.717, 1.165) is 26.8 Å². The molecule has 17 heavy (non-hydrogen) atoms. The molecule has 0 aromatic carbocycles. The fourth-order valence-corrected chi connectivity index (χ4v) is 3.06. The molecule has 0 saturated carbocycles. The highest BCUT2D eigenvalue weighted by molar-refractivity contribution is 9.11. The van der Waals surface area contributed by atoms with Crippen molar-refractivity contribution in [1.82, 2.24) is 5.32 Å². The lowest BCUT2D eigenvalue weighted by molar-refractivity contribution is 0.0938. The van der Waals surface area contributed by atoms with Crippen LogP contribution >= 0.6 is 43.2 Å². The van der Waals surface area contributed by atoms with Crippen molar-refractivity contribution in [2.75, 3.05) is 11.9 Å². The summed E-state index contributed by atoms with van der Waals surface area (Å²) in [6.45, 7) is 5.08. The third-order valence-corrected chi connectivity index (χ3v) is 4.69. The molecular formula is C12H17Br2NOS. The molecule has 96 valence electrons. The quantitative estimate of drug-likeness (QED) is 0.724. The van der Waals surface area contributed by atoms with Gasteiger partial charge >= 0.3 is 0 Å². The van der Waals surface area contributed by atoms with Gasteiger partial charge in [-0.25, -0.2) is 0 Å². The van der Waals surface area contributed by atoms with Gasteiger partial charge in [0.25, 0.3) is 5.91 Å². The van der Waals surface area contributed by atoms with Gasteiger partial charge in [0.05, 0.1) is 8.66 Å². The number of carbonyl (C=O) groups is 1. The first-order chi connectivity index (χ1) is 7.94. The summed E-state index contributed by atoms with van der Waals surface area (Å²) in [7, 11) is 0. The van der Waals surface area contributed by atoms with Gasteiger partial charge in [-0.2, -0.15) is 0 Å². The Hall–Kier alpha value is 0.130. The lowest BCUT2D eigenvalue weighted by Gasteiger charge is -2.24. The SMILES string of the molecule is CC(C)(CCCBr)CNC(=O)c1ccc(Br)s1. The normalized spacial score (nSPS) is 11.5. The molecular weight excluding hydrogens is 366 g/mol. The van der Waals surface area contributed by atoms with E-state index < -0.39 is 0 Å². The van der Waals surface area contributed by atoms with Crippen LogP contribution in [0, 0.1) is 5.41 Å². The van der Waals surface area contributed by atoms with Gasteiger partial charge in [0.1, 0.15) is 0 Å². The molecule has 0 aliphatic rings. The van der Waals surface area contributed by atoms with E-state index in [1.165, 1.54) is 11.3 Å². The first-order valence-electron chi connectivity index (χ1n) is 5.54. The lowest BCUT2D eigenvalue weighted by Crippen LogP contribution is -2.33. The lowest BCUT2D eigenvalue weighted by atomic mass is 9.88. The van der Waals surface area contributed by atoms with Crippen LogP contribution in [0.25, 0.3) is 0 Å². The molecule has 0 bridgehead atoms. The molecule has 0 fully saturated rings. The Bertz CT molecular complexity index is 376. The molecule has 1 N–H and O–H groups in total. The van der Waals surface area contributed by atoms with Crippen molar-refractivity contribution >= 4 is 49.1 Å². The standard InChI is InChI=1S/C12H17Br2NOS/c1-12(2,6-3-7-13)8-15-11(16)9-4-5-10(14)17-9/h4-5H,3,6-8H2,1-2H3,(H,15,16). The van der Waals surface area contributed by atoms with Crippen LogP contribution in [0.3, 0.4) is 0 Å². The van der Waals surface area contributed by atoms with Crippen molar-refractivity contribution in [3.63, 3.8) is 0 Å². The van der Waals surface area contributed by atoms with Gasteiger partial charge in [0.2, 0.25) is 0 Å². The van der Waals surface area contributed by atoms with Crippen LogP contribution in [0.1, 0.15) is 36.4 Å². The second kappa shape index (κ2) is 6.90. The molecule has 0 atom stereocenters. The van der Waals surface area contributed by atoms with Crippen molar-refractivity contribution in [2.24, 2.45) is 5.41 Å². The number of rotatable bonds is 6. The number of thiophene rings is 1. The predicted octanol–water partition coefficient (Wildman–Crippen LogP) is 4.44. The molecule has 0 saturated heterocycles. The summed E-state index contributed by atoms with van der Waals surface area (Å²) in [5.74, 6) is 0.0209. The van der Waals surface area contributed by atoms with Gasteiger partial charge in [-0.1, -0.05) is 29.8 Å². The second-order valence-corrected chi connectivity index (χ2v) is 8.00. The first-order valence-corrected chi connectivity index (χ1v) is 8.27. The molecule has 0 spiro atoms. The molecule has 1 aromatic rings. The highest BCUT2D eigenvalue weighted by atomic mass is 79.9. The average Bonchev–Trinajstić information content (AvgIpc) is 2.70. The smallest absolute Gasteiger partial charge is 0.261 e. The number of hydrogen-bond acceptors (Lipinski definition) is 2. The Morgan fingerprint density at radius 2 is 2.18 bits per heavy atom. The third kappa shape index (κ3) is 5.53. The van der Waals surface area contributed by atoms with E-state index >= 15 is 0 Å². The van der Waals surface area contributed by atoms with Crippen LogP contribution in [0.5, 0.6) is 0 Å². The summed E-state index contributed by atoms with van der Waals surface area (Å²) in [6, 6.07) is 3.74. The van der Waals surface area contributed by atoms with E-state index in [2.05, 4.69) is 51.0 Å². The molecule has 1 rings (SSSR count). The topological polar surface area (TPSA) is 29.1 Å². The zero-order valence-corrected chi connectivity index (χ0v) is 14.0. The Balaban J connectivity index is 2.42. The maximum Gasteiger partial charge on any atom is 0.261 e. The van der Waals surface area contributed by atoms with Crippen molar-refractivity contribution in [2.45, 2.75) is 26.7 Å². The van der Waals surface area contributed by atoms with Crippen LogP contribution in [-0.4, -0.2) is 17.8 Å². The predicted molar refractivity (Wildman–Crippen MR) is 81.2 cm³/mol. The molecule has 1 aromatic heterocycles. The fraction of sp³-hybridized carbons (Fsp3) is 0.583. The third-order valence-electron chi connectivity index (χ3n) is 2.51. The minimum absolute atomic E-state index is 0.0209. The van der Waals surface area contributed by atoms with E-state index in [-0.39, 0.29) is 11.3 Å². The maximum atomic E-state index is 11.8. The van der Waals surface area contributed by atoms with Crippen LogP contribution < -0.4 is 5.32 Å². The minimum atomic E-state index is 0.0209. The number of alkyl halides is 1. The van der Waals surface area contributed by atoms with Gasteiger partial charge in [0.15, 0.2) is 0 Å². The Morgan fingerprint density at radius 3 is 2.71 bits per heavy atom. The minimum Gasteiger partial charge on any atom is -0.351 e. The van der Waals surface area contributed by atoms with Crippen LogP contribution in [0.15, 0.2) is 15.9 Å². The molecule has 0 aliphatic carbocycles.